The lowest BCUT2D eigenvalue weighted by Crippen LogP contribution is -2.61. The van der Waals surface area contributed by atoms with Gasteiger partial charge in [0.2, 0.25) is 0 Å². The summed E-state index contributed by atoms with van der Waals surface area (Å²) < 4.78 is 0. The number of carbonyl (C=O) groups is 2. The van der Waals surface area contributed by atoms with Crippen molar-refractivity contribution in [3.8, 4) is 0 Å². The smallest absolute Gasteiger partial charge is 0.254 e. The first-order valence-corrected chi connectivity index (χ1v) is 11.4. The molecule has 2 fully saturated rings. The number of carbonyl (C=O) groups excluding carboxylic acids is 2. The molecule has 0 aromatic heterocycles. The van der Waals surface area contributed by atoms with Crippen LogP contribution in [0.2, 0.25) is 5.02 Å². The van der Waals surface area contributed by atoms with Crippen molar-refractivity contribution in [1.82, 2.24) is 14.7 Å². The van der Waals surface area contributed by atoms with Gasteiger partial charge in [-0.15, -0.1) is 0 Å². The first-order valence-electron chi connectivity index (χ1n) is 11.0. The van der Waals surface area contributed by atoms with Gasteiger partial charge >= 0.3 is 0 Å². The summed E-state index contributed by atoms with van der Waals surface area (Å²) >= 11 is 6.31. The van der Waals surface area contributed by atoms with Gasteiger partial charge < -0.3 is 20.2 Å². The largest absolute Gasteiger partial charge is 0.380 e. The maximum Gasteiger partial charge on any atom is 0.254 e. The summed E-state index contributed by atoms with van der Waals surface area (Å²) in [6.45, 7) is 8.64. The molecule has 180 valence electrons. The van der Waals surface area contributed by atoms with Crippen molar-refractivity contribution < 1.29 is 14.7 Å². The van der Waals surface area contributed by atoms with E-state index in [0.717, 1.165) is 31.6 Å². The molecule has 0 unspecified atom stereocenters. The standard InChI is InChI=1S/C23H35ClN4O3.H2S/c1-15(2)23(3,31)22(30)27-10-8-18(9-11-27)28-13-17(14-28)25-16-6-7-19(20(24)12-16)21(29)26(4)5;/h6-7,12,15,17-18,25,31H,8-11,13-14H2,1-5H3;1H2/t23-;/m0./s1. The number of hydrogen-bond acceptors (Lipinski definition) is 5. The van der Waals surface area contributed by atoms with Gasteiger partial charge in [0.1, 0.15) is 5.60 Å². The Hall–Kier alpha value is -1.48. The summed E-state index contributed by atoms with van der Waals surface area (Å²) in [6.07, 6.45) is 1.86. The molecule has 1 aromatic carbocycles. The third kappa shape index (κ3) is 5.71. The monoisotopic (exact) mass is 484 g/mol. The van der Waals surface area contributed by atoms with Gasteiger partial charge in [0.05, 0.1) is 16.6 Å². The summed E-state index contributed by atoms with van der Waals surface area (Å²) in [7, 11) is 3.42. The fourth-order valence-corrected chi connectivity index (χ4v) is 4.42. The Balaban J connectivity index is 0.00000363. The molecule has 2 aliphatic rings. The summed E-state index contributed by atoms with van der Waals surface area (Å²) in [5, 5.41) is 14.4. The van der Waals surface area contributed by atoms with Gasteiger partial charge in [-0.25, -0.2) is 0 Å². The molecule has 0 bridgehead atoms. The van der Waals surface area contributed by atoms with Crippen LogP contribution in [0, 0.1) is 5.92 Å². The second-order valence-electron chi connectivity index (χ2n) is 9.51. The number of halogens is 1. The Labute approximate surface area is 203 Å². The van der Waals surface area contributed by atoms with Gasteiger partial charge in [-0.1, -0.05) is 25.4 Å². The van der Waals surface area contributed by atoms with Crippen LogP contribution in [0.25, 0.3) is 0 Å². The predicted molar refractivity (Wildman–Crippen MR) is 134 cm³/mol. The van der Waals surface area contributed by atoms with E-state index in [1.807, 2.05) is 30.9 Å². The first-order chi connectivity index (χ1) is 14.5. The number of nitrogens with zero attached hydrogens (tertiary/aromatic N) is 3. The van der Waals surface area contributed by atoms with Crippen LogP contribution >= 0.6 is 25.1 Å². The quantitative estimate of drug-likeness (QED) is 0.649. The molecule has 9 heteroatoms. The molecule has 1 atom stereocenters. The maximum absolute atomic E-state index is 12.6. The van der Waals surface area contributed by atoms with Crippen molar-refractivity contribution in [3.63, 3.8) is 0 Å². The third-order valence-corrected chi connectivity index (χ3v) is 7.02. The first kappa shape index (κ1) is 26.8. The highest BCUT2D eigenvalue weighted by Crippen LogP contribution is 2.28. The van der Waals surface area contributed by atoms with E-state index in [0.29, 0.717) is 35.8 Å². The fraction of sp³-hybridized carbons (Fsp3) is 0.652. The highest BCUT2D eigenvalue weighted by atomic mass is 35.5. The van der Waals surface area contributed by atoms with Crippen LogP contribution < -0.4 is 5.32 Å². The second-order valence-corrected chi connectivity index (χ2v) is 9.92. The van der Waals surface area contributed by atoms with E-state index < -0.39 is 5.60 Å². The van der Waals surface area contributed by atoms with Gasteiger partial charge in [0.25, 0.3) is 11.8 Å². The normalized spacial score (nSPS) is 19.7. The molecular weight excluding hydrogens is 448 g/mol. The van der Waals surface area contributed by atoms with Crippen LogP contribution in [-0.2, 0) is 4.79 Å². The summed E-state index contributed by atoms with van der Waals surface area (Å²) in [4.78, 5) is 30.5. The van der Waals surface area contributed by atoms with Crippen molar-refractivity contribution in [1.29, 1.82) is 0 Å². The van der Waals surface area contributed by atoms with Gasteiger partial charge in [-0.3, -0.25) is 14.5 Å². The molecule has 3 rings (SSSR count). The molecule has 2 N–H and O–H groups in total. The molecule has 0 radical (unpaired) electrons. The SMILES string of the molecule is CC(C)[C@](C)(O)C(=O)N1CCC(N2CC(Nc3ccc(C(=O)N(C)C)c(Cl)c3)C2)CC1.S. The number of hydrogen-bond donors (Lipinski definition) is 2. The van der Waals surface area contributed by atoms with E-state index in [-0.39, 0.29) is 31.2 Å². The van der Waals surface area contributed by atoms with Crippen LogP contribution in [0.5, 0.6) is 0 Å². The predicted octanol–water partition coefficient (Wildman–Crippen LogP) is 2.65. The minimum atomic E-state index is -1.30. The van der Waals surface area contributed by atoms with E-state index in [2.05, 4.69) is 10.2 Å². The number of aliphatic hydroxyl groups is 1. The minimum Gasteiger partial charge on any atom is -0.380 e. The number of likely N-dealkylation sites (tertiary alicyclic amines) is 2. The Morgan fingerprint density at radius 2 is 1.81 bits per heavy atom. The zero-order valence-corrected chi connectivity index (χ0v) is 21.4. The third-order valence-electron chi connectivity index (χ3n) is 6.71. The lowest BCUT2D eigenvalue weighted by Gasteiger charge is -2.48. The zero-order chi connectivity index (χ0) is 22.9. The zero-order valence-electron chi connectivity index (χ0n) is 19.7. The molecule has 1 aromatic rings. The molecule has 2 aliphatic heterocycles. The number of amides is 2. The number of piperidine rings is 1. The highest BCUT2D eigenvalue weighted by Gasteiger charge is 2.40. The fourth-order valence-electron chi connectivity index (χ4n) is 4.16. The number of nitrogens with one attached hydrogen (secondary N) is 1. The lowest BCUT2D eigenvalue weighted by atomic mass is 9.89. The van der Waals surface area contributed by atoms with Crippen molar-refractivity contribution in [2.75, 3.05) is 45.6 Å². The topological polar surface area (TPSA) is 76.1 Å². The van der Waals surface area contributed by atoms with Crippen molar-refractivity contribution >= 4 is 42.6 Å². The van der Waals surface area contributed by atoms with Crippen molar-refractivity contribution in [2.45, 2.75) is 51.3 Å². The van der Waals surface area contributed by atoms with Crippen molar-refractivity contribution in [3.05, 3.63) is 28.8 Å². The van der Waals surface area contributed by atoms with Gasteiger partial charge in [0, 0.05) is 52.0 Å². The number of benzene rings is 1. The van der Waals surface area contributed by atoms with Gasteiger partial charge in [-0.05, 0) is 43.9 Å². The van der Waals surface area contributed by atoms with E-state index in [1.54, 1.807) is 27.1 Å². The molecule has 2 heterocycles. The Morgan fingerprint density at radius 3 is 2.31 bits per heavy atom. The molecular formula is C23H37ClN4O3S. The van der Waals surface area contributed by atoms with Crippen molar-refractivity contribution in [2.24, 2.45) is 5.92 Å². The van der Waals surface area contributed by atoms with E-state index in [9.17, 15) is 14.7 Å². The summed E-state index contributed by atoms with van der Waals surface area (Å²) in [5.74, 6) is -0.369. The Morgan fingerprint density at radius 1 is 1.22 bits per heavy atom. The van der Waals surface area contributed by atoms with Crippen LogP contribution in [0.4, 0.5) is 5.69 Å². The summed E-state index contributed by atoms with van der Waals surface area (Å²) in [5.41, 5.74) is 0.124. The summed E-state index contributed by atoms with van der Waals surface area (Å²) in [6, 6.07) is 6.28. The van der Waals surface area contributed by atoms with E-state index in [1.165, 1.54) is 4.90 Å². The number of rotatable bonds is 6. The lowest BCUT2D eigenvalue weighted by molar-refractivity contribution is -0.155. The van der Waals surface area contributed by atoms with E-state index in [4.69, 9.17) is 11.6 Å². The minimum absolute atomic E-state index is 0. The molecule has 2 amide bonds. The molecule has 7 nitrogen and oxygen atoms in total. The van der Waals surface area contributed by atoms with Gasteiger partial charge in [0.15, 0.2) is 0 Å². The van der Waals surface area contributed by atoms with E-state index >= 15 is 0 Å². The average Bonchev–Trinajstić information content (AvgIpc) is 2.69. The second kappa shape index (κ2) is 10.6. The van der Waals surface area contributed by atoms with Crippen LogP contribution in [0.1, 0.15) is 44.0 Å². The van der Waals surface area contributed by atoms with Crippen LogP contribution in [0.15, 0.2) is 18.2 Å². The molecule has 32 heavy (non-hydrogen) atoms. The van der Waals surface area contributed by atoms with Crippen LogP contribution in [-0.4, -0.2) is 89.6 Å². The Kier molecular flexibility index (Phi) is 8.90. The number of anilines is 1. The Bertz CT molecular complexity index is 819. The van der Waals surface area contributed by atoms with Crippen LogP contribution in [0.3, 0.4) is 0 Å². The molecule has 0 spiro atoms. The van der Waals surface area contributed by atoms with Gasteiger partial charge in [-0.2, -0.15) is 13.5 Å². The molecule has 2 saturated heterocycles. The molecule has 0 saturated carbocycles. The molecule has 0 aliphatic carbocycles. The maximum atomic E-state index is 12.6. The average molecular weight is 485 g/mol. The highest BCUT2D eigenvalue weighted by molar-refractivity contribution is 7.59.